The van der Waals surface area contributed by atoms with Gasteiger partial charge in [0.2, 0.25) is 0 Å². The van der Waals surface area contributed by atoms with Gasteiger partial charge in [0.25, 0.3) is 0 Å². The van der Waals surface area contributed by atoms with E-state index in [2.05, 4.69) is 4.90 Å². The number of carbonyl (C=O) groups is 3. The quantitative estimate of drug-likeness (QED) is 0.317. The van der Waals surface area contributed by atoms with Crippen LogP contribution in [0.4, 0.5) is 0 Å². The summed E-state index contributed by atoms with van der Waals surface area (Å²) in [5.41, 5.74) is -0.733. The molecule has 0 radical (unpaired) electrons. The molecule has 4 atom stereocenters. The van der Waals surface area contributed by atoms with Crippen molar-refractivity contribution in [1.29, 1.82) is 0 Å². The first-order valence-electron chi connectivity index (χ1n) is 9.56. The smallest absolute Gasteiger partial charge is 0.338 e. The third-order valence-corrected chi connectivity index (χ3v) is 5.82. The van der Waals surface area contributed by atoms with E-state index >= 15 is 0 Å². The number of esters is 3. The molecule has 3 heterocycles. The van der Waals surface area contributed by atoms with Crippen LogP contribution >= 0.6 is 0 Å². The number of aliphatic hydroxyl groups is 1. The van der Waals surface area contributed by atoms with Gasteiger partial charge in [0.15, 0.2) is 5.60 Å². The molecule has 0 amide bonds. The third-order valence-electron chi connectivity index (χ3n) is 5.82. The molecule has 3 aliphatic heterocycles. The zero-order valence-electron chi connectivity index (χ0n) is 16.5. The molecule has 28 heavy (non-hydrogen) atoms. The van der Waals surface area contributed by atoms with Crippen LogP contribution in [0, 0.1) is 5.92 Å². The van der Waals surface area contributed by atoms with Gasteiger partial charge in [-0.3, -0.25) is 9.69 Å². The summed E-state index contributed by atoms with van der Waals surface area (Å²) in [4.78, 5) is 38.9. The average Bonchev–Trinajstić information content (AvgIpc) is 3.21. The van der Waals surface area contributed by atoms with E-state index in [4.69, 9.17) is 14.2 Å². The Morgan fingerprint density at radius 2 is 2.21 bits per heavy atom. The lowest BCUT2D eigenvalue weighted by molar-refractivity contribution is -0.174. The van der Waals surface area contributed by atoms with Crippen molar-refractivity contribution >= 4 is 17.9 Å². The highest BCUT2D eigenvalue weighted by molar-refractivity contribution is 5.89. The lowest BCUT2D eigenvalue weighted by Gasteiger charge is -2.32. The number of hydrogen-bond donors (Lipinski definition) is 1. The predicted molar refractivity (Wildman–Crippen MR) is 98.0 cm³/mol. The molecular formula is C20H27NO7. The first-order chi connectivity index (χ1) is 13.2. The lowest BCUT2D eigenvalue weighted by atomic mass is 9.84. The number of allylic oxidation sites excluding steroid dienone is 1. The van der Waals surface area contributed by atoms with Gasteiger partial charge >= 0.3 is 17.9 Å². The molecule has 1 N–H and O–H groups in total. The first kappa shape index (κ1) is 20.5. The predicted octanol–water partition coefficient (Wildman–Crippen LogP) is 0.736. The highest BCUT2D eigenvalue weighted by atomic mass is 16.6. The molecule has 0 aliphatic carbocycles. The van der Waals surface area contributed by atoms with Gasteiger partial charge in [-0.25, -0.2) is 9.59 Å². The zero-order valence-corrected chi connectivity index (χ0v) is 16.5. The minimum Gasteiger partial charge on any atom is -0.465 e. The molecule has 0 aromatic heterocycles. The topological polar surface area (TPSA) is 102 Å². The van der Waals surface area contributed by atoms with Crippen LogP contribution in [0.2, 0.25) is 0 Å². The number of nitrogens with zero attached hydrogens (tertiary/aromatic N) is 1. The fourth-order valence-electron chi connectivity index (χ4n) is 4.02. The molecule has 0 bridgehead atoms. The third kappa shape index (κ3) is 3.98. The summed E-state index contributed by atoms with van der Waals surface area (Å²) in [7, 11) is 0. The molecule has 2 saturated heterocycles. The molecule has 0 aromatic rings. The summed E-state index contributed by atoms with van der Waals surface area (Å²) in [5, 5.41) is 10.9. The Hall–Kier alpha value is -2.19. The maximum absolute atomic E-state index is 12.8. The lowest BCUT2D eigenvalue weighted by Crippen LogP contribution is -2.48. The highest BCUT2D eigenvalue weighted by Gasteiger charge is 2.46. The van der Waals surface area contributed by atoms with Gasteiger partial charge in [0.05, 0.1) is 12.6 Å². The summed E-state index contributed by atoms with van der Waals surface area (Å²) < 4.78 is 16.2. The number of ether oxygens (including phenoxy) is 3. The molecule has 3 rings (SSSR count). The molecular weight excluding hydrogens is 366 g/mol. The van der Waals surface area contributed by atoms with E-state index in [1.54, 1.807) is 13.0 Å². The molecule has 2 fully saturated rings. The summed E-state index contributed by atoms with van der Waals surface area (Å²) in [6.07, 6.45) is 4.02. The number of carbonyl (C=O) groups excluding carboxylic acids is 3. The molecule has 0 spiro atoms. The summed E-state index contributed by atoms with van der Waals surface area (Å²) >= 11 is 0. The number of rotatable bonds is 2. The SMILES string of the molecule is CC=C1CC(COC(C)=O)C(C)(O)C(=O)OCC2=CCN3CCC(OC1=O)C23. The van der Waals surface area contributed by atoms with Crippen LogP contribution < -0.4 is 0 Å². The summed E-state index contributed by atoms with van der Waals surface area (Å²) in [5.74, 6) is -2.67. The Morgan fingerprint density at radius 1 is 1.46 bits per heavy atom. The van der Waals surface area contributed by atoms with Crippen LogP contribution in [0.1, 0.15) is 33.6 Å². The normalized spacial score (nSPS) is 35.4. The maximum atomic E-state index is 12.8. The molecule has 0 aromatic carbocycles. The number of hydrogen-bond acceptors (Lipinski definition) is 8. The second-order valence-corrected chi connectivity index (χ2v) is 7.69. The summed E-state index contributed by atoms with van der Waals surface area (Å²) in [6.45, 7) is 5.58. The van der Waals surface area contributed by atoms with Gasteiger partial charge in [-0.1, -0.05) is 12.2 Å². The van der Waals surface area contributed by atoms with E-state index < -0.39 is 29.4 Å². The molecule has 154 valence electrons. The van der Waals surface area contributed by atoms with Crippen LogP contribution in [0.3, 0.4) is 0 Å². The molecule has 4 unspecified atom stereocenters. The van der Waals surface area contributed by atoms with Gasteiger partial charge in [-0.15, -0.1) is 0 Å². The van der Waals surface area contributed by atoms with E-state index in [0.717, 1.165) is 12.1 Å². The molecule has 8 heteroatoms. The summed E-state index contributed by atoms with van der Waals surface area (Å²) in [6, 6.07) is -0.101. The maximum Gasteiger partial charge on any atom is 0.338 e. The second kappa shape index (κ2) is 8.05. The molecule has 3 aliphatic rings. The first-order valence-corrected chi connectivity index (χ1v) is 9.56. The van der Waals surface area contributed by atoms with E-state index in [1.807, 2.05) is 6.08 Å². The monoisotopic (exact) mass is 393 g/mol. The van der Waals surface area contributed by atoms with Crippen molar-refractivity contribution in [2.24, 2.45) is 5.92 Å². The average molecular weight is 393 g/mol. The minimum atomic E-state index is -1.93. The van der Waals surface area contributed by atoms with Crippen molar-refractivity contribution in [3.8, 4) is 0 Å². The molecule has 8 nitrogen and oxygen atoms in total. The Balaban J connectivity index is 1.90. The number of cyclic esters (lactones) is 1. The minimum absolute atomic E-state index is 0.0223. The second-order valence-electron chi connectivity index (χ2n) is 7.69. The van der Waals surface area contributed by atoms with Crippen LogP contribution in [-0.4, -0.2) is 72.0 Å². The standard InChI is InChI=1S/C20H27NO7/c1-4-13-9-15(11-26-12(2)22)20(3,25)19(24)27-10-14-5-7-21-8-6-16(17(14)21)28-18(13)23/h4-5,15-17,25H,6-11H2,1-3H3. The Labute approximate surface area is 164 Å². The van der Waals surface area contributed by atoms with Gasteiger partial charge in [-0.05, 0) is 32.3 Å². The van der Waals surface area contributed by atoms with Crippen LogP contribution in [0.15, 0.2) is 23.3 Å². The Bertz CT molecular complexity index is 724. The Morgan fingerprint density at radius 3 is 2.89 bits per heavy atom. The van der Waals surface area contributed by atoms with Crippen molar-refractivity contribution in [2.75, 3.05) is 26.3 Å². The fraction of sp³-hybridized carbons (Fsp3) is 0.650. The van der Waals surface area contributed by atoms with E-state index in [-0.39, 0.29) is 31.8 Å². The van der Waals surface area contributed by atoms with Gasteiger partial charge in [0, 0.05) is 31.5 Å². The zero-order chi connectivity index (χ0) is 20.5. The fourth-order valence-corrected chi connectivity index (χ4v) is 4.02. The van der Waals surface area contributed by atoms with Crippen molar-refractivity contribution in [2.45, 2.75) is 51.4 Å². The van der Waals surface area contributed by atoms with Crippen LogP contribution in [0.5, 0.6) is 0 Å². The van der Waals surface area contributed by atoms with Crippen LogP contribution in [-0.2, 0) is 28.6 Å². The van der Waals surface area contributed by atoms with E-state index in [0.29, 0.717) is 18.5 Å². The van der Waals surface area contributed by atoms with Crippen molar-refractivity contribution in [3.05, 3.63) is 23.3 Å². The van der Waals surface area contributed by atoms with Crippen LogP contribution in [0.25, 0.3) is 0 Å². The molecule has 0 saturated carbocycles. The van der Waals surface area contributed by atoms with E-state index in [9.17, 15) is 19.5 Å². The van der Waals surface area contributed by atoms with E-state index in [1.165, 1.54) is 13.8 Å². The van der Waals surface area contributed by atoms with Gasteiger partial charge < -0.3 is 19.3 Å². The van der Waals surface area contributed by atoms with Crippen molar-refractivity contribution in [1.82, 2.24) is 4.90 Å². The highest BCUT2D eigenvalue weighted by Crippen LogP contribution is 2.34. The Kier molecular flexibility index (Phi) is 5.90. The van der Waals surface area contributed by atoms with Gasteiger partial charge in [-0.2, -0.15) is 0 Å². The van der Waals surface area contributed by atoms with Crippen molar-refractivity contribution in [3.63, 3.8) is 0 Å². The van der Waals surface area contributed by atoms with Crippen molar-refractivity contribution < 1.29 is 33.7 Å². The largest absolute Gasteiger partial charge is 0.465 e. The van der Waals surface area contributed by atoms with Gasteiger partial charge in [0.1, 0.15) is 12.7 Å².